The van der Waals surface area contributed by atoms with Crippen molar-refractivity contribution in [2.24, 2.45) is 0 Å². The summed E-state index contributed by atoms with van der Waals surface area (Å²) in [5.74, 6) is -0.549. The predicted octanol–water partition coefficient (Wildman–Crippen LogP) is 0.531. The molecule has 9 heteroatoms. The summed E-state index contributed by atoms with van der Waals surface area (Å²) in [6, 6.07) is 0. The van der Waals surface area contributed by atoms with Crippen LogP contribution in [0.3, 0.4) is 0 Å². The lowest BCUT2D eigenvalue weighted by molar-refractivity contribution is -0.146. The van der Waals surface area contributed by atoms with Gasteiger partial charge in [0.05, 0.1) is 65.9 Å². The highest BCUT2D eigenvalue weighted by Crippen LogP contribution is 1.93. The van der Waals surface area contributed by atoms with Gasteiger partial charge in [0.2, 0.25) is 7.34 Å². The van der Waals surface area contributed by atoms with Crippen molar-refractivity contribution in [3.8, 4) is 0 Å². The van der Waals surface area contributed by atoms with Crippen LogP contribution in [0.1, 0.15) is 35.0 Å². The smallest absolute Gasteiger partial charge is 0.306 e. The molecular weight excluding hydrogens is 358 g/mol. The molecule has 0 unspecified atom stereocenters. The van der Waals surface area contributed by atoms with E-state index in [9.17, 15) is 9.59 Å². The number of esters is 1. The molecule has 0 aromatic carbocycles. The van der Waals surface area contributed by atoms with Crippen LogP contribution in [0.2, 0.25) is 0 Å². The van der Waals surface area contributed by atoms with Gasteiger partial charge in [0, 0.05) is 14.3 Å². The van der Waals surface area contributed by atoms with E-state index < -0.39 is 5.97 Å². The molecule has 0 saturated heterocycles. The third-order valence-corrected chi connectivity index (χ3v) is 2.96. The van der Waals surface area contributed by atoms with Crippen molar-refractivity contribution in [3.05, 3.63) is 0 Å². The maximum atomic E-state index is 11.4. The van der Waals surface area contributed by atoms with Gasteiger partial charge in [-0.2, -0.15) is 0 Å². The van der Waals surface area contributed by atoms with Gasteiger partial charge in [0.15, 0.2) is 0 Å². The Morgan fingerprint density at radius 3 is 1.96 bits per heavy atom. The zero-order valence-electron chi connectivity index (χ0n) is 18.7. The van der Waals surface area contributed by atoms with Gasteiger partial charge in [-0.15, -0.1) is 0 Å². The maximum absolute atomic E-state index is 11.4. The SMILES string of the molecule is [2H]OCCOCCOCCOCCOCCOC(=O)CCC(=O)NCCC.[3H]C. The monoisotopic (exact) mass is 398 g/mol. The fourth-order valence-electron chi connectivity index (χ4n) is 1.68. The third-order valence-electron chi connectivity index (χ3n) is 2.96. The Labute approximate surface area is 165 Å². The molecule has 0 spiro atoms. The number of aliphatic hydroxyl groups excluding tert-OH is 1. The number of hydrogen-bond acceptors (Lipinski definition) is 8. The molecule has 2 N–H and O–H groups in total. The van der Waals surface area contributed by atoms with E-state index in [0.717, 1.165) is 6.42 Å². The largest absolute Gasteiger partial charge is 0.463 e. The van der Waals surface area contributed by atoms with Crippen molar-refractivity contribution in [3.63, 3.8) is 0 Å². The molecule has 0 heterocycles. The summed E-state index contributed by atoms with van der Waals surface area (Å²) in [5, 5.41) is 6.80. The molecule has 0 aliphatic rings. The van der Waals surface area contributed by atoms with Gasteiger partial charge in [-0.3, -0.25) is 9.59 Å². The molecule has 0 atom stereocenters. The standard InChI is InChI=1S/C17H33NO8.CH4/c1-2-5-18-16(20)3-4-17(21)26-15-14-25-13-12-24-11-10-23-9-8-22-7-6-19;/h19H,2-15H2,1H3,(H,18,20);1H4/i19D;1T. The van der Waals surface area contributed by atoms with Gasteiger partial charge in [-0.1, -0.05) is 14.3 Å². The van der Waals surface area contributed by atoms with E-state index in [1.54, 1.807) is 0 Å². The molecular formula is C18H37NO8. The molecule has 0 radical (unpaired) electrons. The average molecular weight is 399 g/mol. The summed E-state index contributed by atoms with van der Waals surface area (Å²) in [6.45, 7) is 6.30. The molecule has 0 fully saturated rings. The van der Waals surface area contributed by atoms with E-state index in [0.29, 0.717) is 52.8 Å². The Morgan fingerprint density at radius 1 is 0.926 bits per heavy atom. The maximum Gasteiger partial charge on any atom is 0.306 e. The molecule has 0 aromatic rings. The first kappa shape index (κ1) is 23.8. The zero-order valence-corrected chi connectivity index (χ0v) is 16.7. The van der Waals surface area contributed by atoms with Crippen LogP contribution in [-0.4, -0.2) is 91.0 Å². The number of ether oxygens (including phenoxy) is 5. The minimum Gasteiger partial charge on any atom is -0.463 e. The minimum atomic E-state index is -0.408. The van der Waals surface area contributed by atoms with Crippen LogP contribution in [0.25, 0.3) is 0 Å². The number of nitrogens with one attached hydrogen (secondary N) is 1. The Balaban J connectivity index is 0. The van der Waals surface area contributed by atoms with Crippen LogP contribution >= 0.6 is 0 Å². The summed E-state index contributed by atoms with van der Waals surface area (Å²) in [4.78, 5) is 22.8. The minimum absolute atomic E-state index is 0.0711. The van der Waals surface area contributed by atoms with Crippen LogP contribution in [0, 0.1) is 0 Å². The van der Waals surface area contributed by atoms with Gasteiger partial charge in [0.25, 0.3) is 0 Å². The fourth-order valence-corrected chi connectivity index (χ4v) is 1.68. The molecule has 0 aromatic heterocycles. The van der Waals surface area contributed by atoms with Gasteiger partial charge in [-0.05, 0) is 6.42 Å². The fraction of sp³-hybridized carbons (Fsp3) is 0.889. The van der Waals surface area contributed by atoms with Crippen LogP contribution in [0.4, 0.5) is 0 Å². The Morgan fingerprint density at radius 2 is 1.44 bits per heavy atom. The van der Waals surface area contributed by atoms with E-state index in [4.69, 9.17) is 26.5 Å². The number of carbonyl (C=O) groups is 2. The number of carbonyl (C=O) groups excluding carboxylic acids is 2. The van der Waals surface area contributed by atoms with Crippen molar-refractivity contribution < 1.29 is 39.8 Å². The first-order valence-electron chi connectivity index (χ1n) is 10.4. The lowest BCUT2D eigenvalue weighted by atomic mass is 10.3. The second-order valence-electron chi connectivity index (χ2n) is 5.22. The van der Waals surface area contributed by atoms with Gasteiger partial charge < -0.3 is 34.1 Å². The second-order valence-corrected chi connectivity index (χ2v) is 5.22. The van der Waals surface area contributed by atoms with Crippen molar-refractivity contribution in [2.75, 3.05) is 72.6 Å². The first-order chi connectivity index (χ1) is 14.2. The highest BCUT2D eigenvalue weighted by molar-refractivity contribution is 5.81. The lowest BCUT2D eigenvalue weighted by Gasteiger charge is -2.08. The lowest BCUT2D eigenvalue weighted by Crippen LogP contribution is -2.24. The highest BCUT2D eigenvalue weighted by atomic mass is 16.6. The van der Waals surface area contributed by atoms with E-state index in [1.807, 2.05) is 6.92 Å². The number of aliphatic hydroxyl groups is 1. The molecule has 9 nitrogen and oxygen atoms in total. The van der Waals surface area contributed by atoms with Crippen molar-refractivity contribution in [2.45, 2.75) is 33.6 Å². The molecule has 0 bridgehead atoms. The van der Waals surface area contributed by atoms with Crippen LogP contribution in [0.15, 0.2) is 0 Å². The number of rotatable bonds is 20. The first-order valence-corrected chi connectivity index (χ1v) is 9.02. The van der Waals surface area contributed by atoms with Crippen molar-refractivity contribution in [1.29, 1.82) is 1.43 Å². The van der Waals surface area contributed by atoms with E-state index >= 15 is 0 Å². The molecule has 0 saturated carbocycles. The summed E-state index contributed by atoms with van der Waals surface area (Å²) >= 11 is 0. The predicted molar refractivity (Wildman–Crippen MR) is 101 cm³/mol. The molecule has 162 valence electrons. The van der Waals surface area contributed by atoms with E-state index in [2.05, 4.69) is 10.4 Å². The Kier molecular flexibility index (Phi) is 20.1. The second kappa shape index (κ2) is 22.8. The number of amides is 1. The van der Waals surface area contributed by atoms with Crippen molar-refractivity contribution in [1.82, 2.24) is 5.32 Å². The summed E-state index contributed by atoms with van der Waals surface area (Å²) in [6.07, 6.45) is 1.08. The third kappa shape index (κ3) is 22.7. The van der Waals surface area contributed by atoms with E-state index in [1.165, 1.54) is 7.40 Å². The molecule has 0 aliphatic carbocycles. The van der Waals surface area contributed by atoms with Gasteiger partial charge in [0.1, 0.15) is 6.61 Å². The van der Waals surface area contributed by atoms with E-state index in [-0.39, 0.29) is 38.6 Å². The van der Waals surface area contributed by atoms with Crippen molar-refractivity contribution >= 4 is 11.9 Å². The zero-order chi connectivity index (χ0) is 22.0. The Bertz CT molecular complexity index is 365. The molecule has 27 heavy (non-hydrogen) atoms. The normalized spacial score (nSPS) is 11.0. The highest BCUT2D eigenvalue weighted by Gasteiger charge is 2.07. The molecule has 0 rings (SSSR count). The summed E-state index contributed by atoms with van der Waals surface area (Å²) in [7, 11) is 1.25. The summed E-state index contributed by atoms with van der Waals surface area (Å²) < 4.78 is 38.2. The molecule has 0 aliphatic heterocycles. The van der Waals surface area contributed by atoms with Crippen LogP contribution in [-0.2, 0) is 33.3 Å². The number of hydrogen-bond donors (Lipinski definition) is 2. The van der Waals surface area contributed by atoms with Gasteiger partial charge >= 0.3 is 5.97 Å². The topological polar surface area (TPSA) is 113 Å². The Hall–Kier alpha value is -1.26. The quantitative estimate of drug-likeness (QED) is 0.226. The van der Waals surface area contributed by atoms with Crippen LogP contribution in [0.5, 0.6) is 0 Å². The summed E-state index contributed by atoms with van der Waals surface area (Å²) in [5.41, 5.74) is 0. The van der Waals surface area contributed by atoms with Gasteiger partial charge in [-0.25, -0.2) is 0 Å². The molecule has 1 amide bonds. The average Bonchev–Trinajstić information content (AvgIpc) is 2.74. The van der Waals surface area contributed by atoms with Crippen LogP contribution < -0.4 is 5.32 Å².